The summed E-state index contributed by atoms with van der Waals surface area (Å²) >= 11 is 0. The van der Waals surface area contributed by atoms with Crippen molar-refractivity contribution in [2.45, 2.75) is 51.4 Å². The van der Waals surface area contributed by atoms with E-state index in [-0.39, 0.29) is 0 Å². The van der Waals surface area contributed by atoms with Crippen LogP contribution in [0.15, 0.2) is 186 Å². The maximum Gasteiger partial charge on any atom is 0.137 e. The molecule has 1 heterocycles. The summed E-state index contributed by atoms with van der Waals surface area (Å²) in [5.41, 5.74) is 13.9. The molecule has 2 heteroatoms. The van der Waals surface area contributed by atoms with E-state index in [0.29, 0.717) is 0 Å². The minimum atomic E-state index is 0.887. The molecule has 2 bridgehead atoms. The summed E-state index contributed by atoms with van der Waals surface area (Å²) in [5.74, 6) is 2.93. The van der Waals surface area contributed by atoms with Gasteiger partial charge < -0.3 is 9.32 Å². The molecule has 2 atom stereocenters. The Morgan fingerprint density at radius 3 is 1.73 bits per heavy atom. The molecule has 0 radical (unpaired) electrons. The van der Waals surface area contributed by atoms with E-state index in [1.807, 2.05) is 12.1 Å². The average Bonchev–Trinajstić information content (AvgIpc) is 3.67. The molecule has 0 saturated heterocycles. The summed E-state index contributed by atoms with van der Waals surface area (Å²) in [5, 5.41) is 4.78. The highest BCUT2D eigenvalue weighted by molar-refractivity contribution is 6.07. The third kappa shape index (κ3) is 7.01. The van der Waals surface area contributed by atoms with Crippen molar-refractivity contribution in [2.24, 2.45) is 17.8 Å². The Kier molecular flexibility index (Phi) is 9.34. The van der Waals surface area contributed by atoms with Crippen LogP contribution in [0.3, 0.4) is 0 Å². The zero-order valence-electron chi connectivity index (χ0n) is 33.6. The molecule has 59 heavy (non-hydrogen) atoms. The first-order chi connectivity index (χ1) is 29.2. The van der Waals surface area contributed by atoms with Gasteiger partial charge in [0.05, 0.1) is 0 Å². The number of nitrogens with zero attached hydrogens (tertiary/aromatic N) is 1. The Balaban J connectivity index is 0.911. The van der Waals surface area contributed by atoms with Gasteiger partial charge >= 0.3 is 0 Å². The topological polar surface area (TPSA) is 16.4 Å². The lowest BCUT2D eigenvalue weighted by Crippen LogP contribution is -2.27. The summed E-state index contributed by atoms with van der Waals surface area (Å²) < 4.78 is 6.41. The Morgan fingerprint density at radius 1 is 0.458 bits per heavy atom. The van der Waals surface area contributed by atoms with Crippen molar-refractivity contribution < 1.29 is 4.42 Å². The highest BCUT2D eigenvalue weighted by Gasteiger charge is 2.31. The molecular weight excluding hydrogens is 715 g/mol. The molecule has 288 valence electrons. The maximum absolute atomic E-state index is 6.41. The smallest absolute Gasteiger partial charge is 0.137 e. The van der Waals surface area contributed by atoms with E-state index in [0.717, 1.165) is 56.8 Å². The van der Waals surface area contributed by atoms with Crippen LogP contribution < -0.4 is 4.90 Å². The normalized spacial score (nSPS) is 17.7. The van der Waals surface area contributed by atoms with Gasteiger partial charge in [0.25, 0.3) is 0 Å². The third-order valence-electron chi connectivity index (χ3n) is 13.5. The summed E-state index contributed by atoms with van der Waals surface area (Å²) in [6.07, 6.45) is 11.4. The quantitative estimate of drug-likeness (QED) is 0.146. The lowest BCUT2D eigenvalue weighted by molar-refractivity contribution is 0.132. The van der Waals surface area contributed by atoms with Gasteiger partial charge in [-0.1, -0.05) is 153 Å². The molecule has 2 saturated carbocycles. The number of furan rings is 1. The van der Waals surface area contributed by atoms with Crippen molar-refractivity contribution in [3.63, 3.8) is 0 Å². The molecule has 2 aliphatic carbocycles. The molecule has 11 rings (SSSR count). The van der Waals surface area contributed by atoms with Crippen LogP contribution in [-0.2, 0) is 6.42 Å². The van der Waals surface area contributed by atoms with Crippen LogP contribution in [0.5, 0.6) is 0 Å². The summed E-state index contributed by atoms with van der Waals surface area (Å²) in [6, 6.07) is 66.4. The monoisotopic (exact) mass is 763 g/mol. The SMILES string of the molecule is c1ccc(-c2cccc3cccc(-c4ccc(N(c5ccc(-c6ccc(CCC7CC8CCCC(C8)C7)cc6)cc5)c5ccc6c(c5)oc5ccccc56)cc4)c23)cc1. The third-order valence-corrected chi connectivity index (χ3v) is 13.5. The minimum Gasteiger partial charge on any atom is -0.456 e. The van der Waals surface area contributed by atoms with Crippen LogP contribution in [0, 0.1) is 17.8 Å². The Hall–Kier alpha value is -6.38. The first-order valence-corrected chi connectivity index (χ1v) is 21.8. The zero-order chi connectivity index (χ0) is 39.1. The fourth-order valence-corrected chi connectivity index (χ4v) is 10.7. The number of benzene rings is 8. The number of aryl methyl sites for hydroxylation is 1. The second kappa shape index (κ2) is 15.4. The predicted molar refractivity (Wildman–Crippen MR) is 249 cm³/mol. The fourth-order valence-electron chi connectivity index (χ4n) is 10.7. The summed E-state index contributed by atoms with van der Waals surface area (Å²) in [6.45, 7) is 0. The first kappa shape index (κ1) is 35.8. The van der Waals surface area contributed by atoms with E-state index in [1.54, 1.807) is 0 Å². The molecule has 8 aromatic carbocycles. The molecule has 9 aromatic rings. The molecule has 0 aliphatic heterocycles. The lowest BCUT2D eigenvalue weighted by atomic mass is 9.67. The van der Waals surface area contributed by atoms with Crippen LogP contribution >= 0.6 is 0 Å². The number of hydrogen-bond donors (Lipinski definition) is 0. The van der Waals surface area contributed by atoms with E-state index in [2.05, 4.69) is 175 Å². The van der Waals surface area contributed by atoms with Crippen molar-refractivity contribution in [2.75, 3.05) is 4.90 Å². The van der Waals surface area contributed by atoms with Crippen LogP contribution in [0.4, 0.5) is 17.1 Å². The average molecular weight is 764 g/mol. The van der Waals surface area contributed by atoms with Gasteiger partial charge in [0.15, 0.2) is 0 Å². The van der Waals surface area contributed by atoms with Crippen LogP contribution in [0.1, 0.15) is 50.5 Å². The summed E-state index contributed by atoms with van der Waals surface area (Å²) in [7, 11) is 0. The molecule has 2 nitrogen and oxygen atoms in total. The van der Waals surface area contributed by atoms with Gasteiger partial charge in [-0.25, -0.2) is 0 Å². The van der Waals surface area contributed by atoms with Crippen LogP contribution in [0.25, 0.3) is 66.1 Å². The molecule has 2 fully saturated rings. The minimum absolute atomic E-state index is 0.887. The van der Waals surface area contributed by atoms with E-state index in [4.69, 9.17) is 4.42 Å². The fraction of sp³-hybridized carbons (Fsp3) is 0.193. The van der Waals surface area contributed by atoms with E-state index in [1.165, 1.54) is 101 Å². The van der Waals surface area contributed by atoms with E-state index >= 15 is 0 Å². The van der Waals surface area contributed by atoms with Crippen molar-refractivity contribution in [1.29, 1.82) is 0 Å². The van der Waals surface area contributed by atoms with Crippen LogP contribution in [0.2, 0.25) is 0 Å². The zero-order valence-corrected chi connectivity index (χ0v) is 33.6. The van der Waals surface area contributed by atoms with Gasteiger partial charge in [-0.3, -0.25) is 0 Å². The van der Waals surface area contributed by atoms with Crippen molar-refractivity contribution >= 4 is 49.8 Å². The van der Waals surface area contributed by atoms with Gasteiger partial charge in [0.1, 0.15) is 11.2 Å². The number of anilines is 3. The number of para-hydroxylation sites is 1. The highest BCUT2D eigenvalue weighted by atomic mass is 16.3. The van der Waals surface area contributed by atoms with Crippen LogP contribution in [-0.4, -0.2) is 0 Å². The molecule has 1 aromatic heterocycles. The van der Waals surface area contributed by atoms with Gasteiger partial charge in [0, 0.05) is 33.9 Å². The number of rotatable bonds is 9. The van der Waals surface area contributed by atoms with E-state index in [9.17, 15) is 0 Å². The standard InChI is InChI=1S/C57H49NO/c1-2-11-45(12-3-1)51-16-7-13-47-14-8-17-52(57(47)51)46-27-31-49(32-28-46)58(50-33-34-54-53-15-4-5-18-55(53)59-56(54)38-50)48-29-25-44(26-30-48)43-23-21-39(22-24-43)19-20-42-36-40-9-6-10-41(35-40)37-42/h1-5,7-8,11-18,21-34,38,40-42H,6,9-10,19-20,35-37H2. The van der Waals surface area contributed by atoms with Gasteiger partial charge in [-0.15, -0.1) is 0 Å². The largest absolute Gasteiger partial charge is 0.456 e. The maximum atomic E-state index is 6.41. The molecule has 0 N–H and O–H groups in total. The van der Waals surface area contributed by atoms with E-state index < -0.39 is 0 Å². The highest BCUT2D eigenvalue weighted by Crippen LogP contribution is 2.45. The molecule has 0 spiro atoms. The lowest BCUT2D eigenvalue weighted by Gasteiger charge is -2.39. The Bertz CT molecular complexity index is 2870. The molecule has 2 aliphatic rings. The van der Waals surface area contributed by atoms with Gasteiger partial charge in [-0.05, 0) is 142 Å². The summed E-state index contributed by atoms with van der Waals surface area (Å²) in [4.78, 5) is 2.35. The Labute approximate surface area is 347 Å². The molecule has 2 unspecified atom stereocenters. The number of fused-ring (bicyclic) bond motifs is 6. The van der Waals surface area contributed by atoms with Crippen molar-refractivity contribution in [1.82, 2.24) is 0 Å². The van der Waals surface area contributed by atoms with Crippen molar-refractivity contribution in [3.05, 3.63) is 188 Å². The molecule has 0 amide bonds. The predicted octanol–water partition coefficient (Wildman–Crippen LogP) is 16.4. The van der Waals surface area contributed by atoms with Gasteiger partial charge in [0.2, 0.25) is 0 Å². The van der Waals surface area contributed by atoms with Gasteiger partial charge in [-0.2, -0.15) is 0 Å². The number of hydrogen-bond acceptors (Lipinski definition) is 2. The molecular formula is C57H49NO. The first-order valence-electron chi connectivity index (χ1n) is 21.8. The van der Waals surface area contributed by atoms with Crippen molar-refractivity contribution in [3.8, 4) is 33.4 Å². The second-order valence-electron chi connectivity index (χ2n) is 17.3. The second-order valence-corrected chi connectivity index (χ2v) is 17.3. The Morgan fingerprint density at radius 2 is 1.03 bits per heavy atom.